The third kappa shape index (κ3) is 7.16. The summed E-state index contributed by atoms with van der Waals surface area (Å²) in [5.74, 6) is -2.40. The molecule has 1 saturated heterocycles. The Bertz CT molecular complexity index is 2750. The number of aromatic nitrogens is 3. The van der Waals surface area contributed by atoms with Gasteiger partial charge < -0.3 is 58.7 Å². The number of methoxy groups -OCH3 is 4. The second-order valence-corrected chi connectivity index (χ2v) is 14.9. The Morgan fingerprint density at radius 3 is 2.23 bits per heavy atom. The quantitative estimate of drug-likeness (QED) is 0.0877. The van der Waals surface area contributed by atoms with Gasteiger partial charge in [-0.05, 0) is 42.9 Å². The molecule has 6 aromatic rings. The molecule has 5 heterocycles. The number of benzene rings is 3. The molecule has 0 spiro atoms. The van der Waals surface area contributed by atoms with Crippen molar-refractivity contribution in [1.29, 1.82) is 0 Å². The third-order valence-corrected chi connectivity index (χ3v) is 11.4. The van der Waals surface area contributed by atoms with Gasteiger partial charge in [0.1, 0.15) is 17.1 Å². The van der Waals surface area contributed by atoms with Gasteiger partial charge in [0.25, 0.3) is 11.8 Å². The van der Waals surface area contributed by atoms with Gasteiger partial charge in [-0.1, -0.05) is 0 Å². The van der Waals surface area contributed by atoms with Gasteiger partial charge in [0, 0.05) is 84.0 Å². The maximum atomic E-state index is 14.6. The van der Waals surface area contributed by atoms with E-state index in [4.69, 9.17) is 35.3 Å². The van der Waals surface area contributed by atoms with E-state index in [0.717, 1.165) is 7.11 Å². The van der Waals surface area contributed by atoms with E-state index < -0.39 is 47.2 Å². The molecule has 4 N–H and O–H groups in total. The molecular weight excluding hydrogens is 827 g/mol. The number of aromatic amines is 3. The Morgan fingerprint density at radius 2 is 1.57 bits per heavy atom. The lowest BCUT2D eigenvalue weighted by atomic mass is 9.95. The number of esters is 1. The Morgan fingerprint density at radius 1 is 0.852 bits per heavy atom. The lowest BCUT2D eigenvalue weighted by Crippen LogP contribution is -2.48. The van der Waals surface area contributed by atoms with Crippen LogP contribution in [0.1, 0.15) is 48.5 Å². The number of halogens is 4. The molecule has 0 saturated carbocycles. The molecule has 8 rings (SSSR count). The number of carbonyl (C=O) groups is 4. The molecule has 0 radical (unpaired) electrons. The van der Waals surface area contributed by atoms with Crippen LogP contribution in [-0.2, 0) is 10.9 Å². The summed E-state index contributed by atoms with van der Waals surface area (Å²) in [6.07, 6.45) is -5.86. The van der Waals surface area contributed by atoms with Crippen molar-refractivity contribution >= 4 is 79.6 Å². The molecule has 0 bridgehead atoms. The lowest BCUT2D eigenvalue weighted by molar-refractivity contribution is -0.141. The standard InChI is InChI=1S/C41H39ClF3N7O9/c1-50-8-10-51(11-9-50)40(56)61-28-16-27-30(31-32(39(55)60-5)36(41(43,44)45)49-33(28)31)20(17-42)18-52(27)38(54)26-13-19-12-21(6-7-23(19)47-26)46-37(53)25-14-22-24(48-25)15-29(57-2)35(59-4)34(22)58-3/h6-7,12-16,20,47-49H,8-11,17-18H2,1-5H3,(H,46,53)/t20-/m1/s1. The van der Waals surface area contributed by atoms with Crippen LogP contribution in [0.25, 0.3) is 32.7 Å². The zero-order chi connectivity index (χ0) is 43.5. The van der Waals surface area contributed by atoms with E-state index in [1.165, 1.54) is 37.2 Å². The monoisotopic (exact) mass is 865 g/mol. The molecule has 61 heavy (non-hydrogen) atoms. The number of rotatable bonds is 9. The number of likely N-dealkylation sites (N-methyl/N-ethyl adjacent to an activating group) is 1. The first-order valence-corrected chi connectivity index (χ1v) is 19.4. The van der Waals surface area contributed by atoms with Crippen molar-refractivity contribution < 1.29 is 56.0 Å². The fourth-order valence-electron chi connectivity index (χ4n) is 8.01. The summed E-state index contributed by atoms with van der Waals surface area (Å²) in [7, 11) is 7.29. The topological polar surface area (TPSA) is 184 Å². The molecule has 2 aliphatic heterocycles. The smallest absolute Gasteiger partial charge is 0.432 e. The van der Waals surface area contributed by atoms with Crippen LogP contribution in [-0.4, -0.2) is 123 Å². The first kappa shape index (κ1) is 41.1. The second-order valence-electron chi connectivity index (χ2n) is 14.6. The van der Waals surface area contributed by atoms with Crippen molar-refractivity contribution in [3.63, 3.8) is 0 Å². The van der Waals surface area contributed by atoms with Crippen molar-refractivity contribution in [2.24, 2.45) is 0 Å². The first-order chi connectivity index (χ1) is 29.2. The van der Waals surface area contributed by atoms with Crippen molar-refractivity contribution in [2.45, 2.75) is 12.1 Å². The molecule has 0 unspecified atom stereocenters. The van der Waals surface area contributed by atoms with Gasteiger partial charge in [0.15, 0.2) is 17.2 Å². The molecule has 3 aromatic heterocycles. The summed E-state index contributed by atoms with van der Waals surface area (Å²) < 4.78 is 70.8. The van der Waals surface area contributed by atoms with Crippen LogP contribution < -0.4 is 29.2 Å². The van der Waals surface area contributed by atoms with Gasteiger partial charge in [0.2, 0.25) is 5.75 Å². The number of anilines is 2. The van der Waals surface area contributed by atoms with Gasteiger partial charge in [-0.15, -0.1) is 11.6 Å². The number of nitrogens with zero attached hydrogens (tertiary/aromatic N) is 3. The second kappa shape index (κ2) is 15.8. The van der Waals surface area contributed by atoms with Gasteiger partial charge >= 0.3 is 18.2 Å². The predicted molar refractivity (Wildman–Crippen MR) is 219 cm³/mol. The van der Waals surface area contributed by atoms with Crippen LogP contribution in [0.15, 0.2) is 42.5 Å². The summed E-state index contributed by atoms with van der Waals surface area (Å²) in [6, 6.07) is 11.2. The van der Waals surface area contributed by atoms with Gasteiger partial charge in [-0.2, -0.15) is 13.2 Å². The van der Waals surface area contributed by atoms with E-state index in [1.54, 1.807) is 36.4 Å². The number of fused-ring (bicyclic) bond motifs is 5. The number of alkyl halides is 4. The molecule has 0 aliphatic carbocycles. The summed E-state index contributed by atoms with van der Waals surface area (Å²) in [4.78, 5) is 67.7. The van der Waals surface area contributed by atoms with Gasteiger partial charge in [-0.3, -0.25) is 9.59 Å². The lowest BCUT2D eigenvalue weighted by Gasteiger charge is -2.31. The Hall–Kier alpha value is -6.60. The highest BCUT2D eigenvalue weighted by Crippen LogP contribution is 2.50. The third-order valence-electron chi connectivity index (χ3n) is 11.0. The zero-order valence-electron chi connectivity index (χ0n) is 33.4. The molecule has 320 valence electrons. The van der Waals surface area contributed by atoms with Crippen LogP contribution in [0.5, 0.6) is 23.0 Å². The highest BCUT2D eigenvalue weighted by atomic mass is 35.5. The van der Waals surface area contributed by atoms with Gasteiger partial charge in [-0.25, -0.2) is 9.59 Å². The number of piperazine rings is 1. The molecule has 16 nitrogen and oxygen atoms in total. The molecule has 2 aliphatic rings. The number of H-pyrrole nitrogens is 3. The van der Waals surface area contributed by atoms with E-state index >= 15 is 0 Å². The first-order valence-electron chi connectivity index (χ1n) is 18.9. The Kier molecular flexibility index (Phi) is 10.6. The molecule has 1 atom stereocenters. The van der Waals surface area contributed by atoms with Crippen molar-refractivity contribution in [3.8, 4) is 23.0 Å². The largest absolute Gasteiger partial charge is 0.493 e. The predicted octanol–water partition coefficient (Wildman–Crippen LogP) is 6.94. The Balaban J connectivity index is 1.14. The molecule has 20 heteroatoms. The zero-order valence-corrected chi connectivity index (χ0v) is 34.1. The van der Waals surface area contributed by atoms with Crippen molar-refractivity contribution in [1.82, 2.24) is 24.8 Å². The van der Waals surface area contributed by atoms with E-state index in [1.807, 2.05) is 11.9 Å². The van der Waals surface area contributed by atoms with Crippen LogP contribution in [0.2, 0.25) is 0 Å². The van der Waals surface area contributed by atoms with E-state index in [0.29, 0.717) is 70.9 Å². The minimum atomic E-state index is -5.05. The summed E-state index contributed by atoms with van der Waals surface area (Å²) in [5, 5.41) is 3.78. The highest BCUT2D eigenvalue weighted by molar-refractivity contribution is 6.20. The fraction of sp³-hybridized carbons (Fsp3) is 0.317. The summed E-state index contributed by atoms with van der Waals surface area (Å²) >= 11 is 6.44. The average molecular weight is 866 g/mol. The van der Waals surface area contributed by atoms with Crippen LogP contribution in [0.4, 0.5) is 29.3 Å². The average Bonchev–Trinajstić information content (AvgIpc) is 4.05. The molecular formula is C41H39ClF3N7O9. The summed E-state index contributed by atoms with van der Waals surface area (Å²) in [5.41, 5.74) is -0.393. The van der Waals surface area contributed by atoms with Crippen LogP contribution >= 0.6 is 11.6 Å². The highest BCUT2D eigenvalue weighted by Gasteiger charge is 2.44. The molecule has 3 amide bonds. The minimum absolute atomic E-state index is 0.0839. The normalized spacial score (nSPS) is 15.7. The van der Waals surface area contributed by atoms with Gasteiger partial charge in [0.05, 0.1) is 50.7 Å². The van der Waals surface area contributed by atoms with Crippen LogP contribution in [0.3, 0.4) is 0 Å². The SMILES string of the molecule is COC(=O)c1c(C(F)(F)F)[nH]c2c(OC(=O)N3CCN(C)CC3)cc3c(c12)[C@H](CCl)CN3C(=O)c1cc2cc(NC(=O)c3cc4c(OC)c(OC)c(OC)cc4[nH]3)ccc2[nH]1. The number of amides is 3. The van der Waals surface area contributed by atoms with E-state index in [-0.39, 0.29) is 51.7 Å². The number of hydrogen-bond acceptors (Lipinski definition) is 10. The maximum absolute atomic E-state index is 14.6. The number of nitrogens with one attached hydrogen (secondary N) is 4. The van der Waals surface area contributed by atoms with Crippen molar-refractivity contribution in [3.05, 3.63) is 70.7 Å². The van der Waals surface area contributed by atoms with Crippen molar-refractivity contribution in [2.75, 3.05) is 84.3 Å². The number of carbonyl (C=O) groups excluding carboxylic acids is 4. The van der Waals surface area contributed by atoms with E-state index in [9.17, 15) is 32.3 Å². The molecule has 1 fully saturated rings. The number of hydrogen-bond donors (Lipinski definition) is 4. The maximum Gasteiger partial charge on any atom is 0.432 e. The number of ether oxygens (including phenoxy) is 5. The van der Waals surface area contributed by atoms with Crippen LogP contribution in [0, 0.1) is 0 Å². The minimum Gasteiger partial charge on any atom is -0.493 e. The van der Waals surface area contributed by atoms with E-state index in [2.05, 4.69) is 20.3 Å². The fourth-order valence-corrected chi connectivity index (χ4v) is 8.26. The Labute approximate surface area is 349 Å². The summed E-state index contributed by atoms with van der Waals surface area (Å²) in [6.45, 7) is 1.63. The molecule has 3 aromatic carbocycles.